The molecule has 0 saturated carbocycles. The Bertz CT molecular complexity index is 220. The summed E-state index contributed by atoms with van der Waals surface area (Å²) in [4.78, 5) is 13.8. The largest absolute Gasteiger partial charge is 0.341 e. The van der Waals surface area contributed by atoms with Crippen molar-refractivity contribution >= 4 is 5.91 Å². The van der Waals surface area contributed by atoms with Gasteiger partial charge in [0.1, 0.15) is 0 Å². The maximum absolute atomic E-state index is 11.9. The molecular formula is C11H22N2O. The predicted molar refractivity (Wildman–Crippen MR) is 57.8 cm³/mol. The molecule has 1 saturated heterocycles. The maximum atomic E-state index is 11.9. The fraction of sp³-hybridized carbons (Fsp3) is 0.909. The van der Waals surface area contributed by atoms with Crippen LogP contribution < -0.4 is 5.73 Å². The Balaban J connectivity index is 2.57. The summed E-state index contributed by atoms with van der Waals surface area (Å²) in [6, 6.07) is -0.368. The zero-order valence-corrected chi connectivity index (χ0v) is 9.71. The zero-order chi connectivity index (χ0) is 10.9. The second kappa shape index (κ2) is 3.89. The molecule has 1 amide bonds. The van der Waals surface area contributed by atoms with Crippen LogP contribution in [0.1, 0.15) is 34.1 Å². The smallest absolute Gasteiger partial charge is 0.240 e. The molecule has 0 aromatic carbocycles. The van der Waals surface area contributed by atoms with E-state index in [0.29, 0.717) is 5.92 Å². The first-order valence-corrected chi connectivity index (χ1v) is 5.36. The van der Waals surface area contributed by atoms with Gasteiger partial charge in [0.05, 0.1) is 6.04 Å². The molecule has 1 aliphatic heterocycles. The fourth-order valence-corrected chi connectivity index (χ4v) is 1.70. The lowest BCUT2D eigenvalue weighted by atomic mass is 9.86. The topological polar surface area (TPSA) is 46.3 Å². The van der Waals surface area contributed by atoms with Gasteiger partial charge < -0.3 is 10.6 Å². The number of carbonyl (C=O) groups excluding carboxylic acids is 1. The maximum Gasteiger partial charge on any atom is 0.240 e. The van der Waals surface area contributed by atoms with Gasteiger partial charge in [0.2, 0.25) is 5.91 Å². The lowest BCUT2D eigenvalue weighted by Crippen LogP contribution is -2.49. The minimum absolute atomic E-state index is 0.113. The summed E-state index contributed by atoms with van der Waals surface area (Å²) in [7, 11) is 0. The lowest BCUT2D eigenvalue weighted by molar-refractivity contribution is -0.134. The molecule has 0 spiro atoms. The van der Waals surface area contributed by atoms with Crippen molar-refractivity contribution in [1.29, 1.82) is 0 Å². The number of hydrogen-bond acceptors (Lipinski definition) is 2. The van der Waals surface area contributed by atoms with E-state index < -0.39 is 0 Å². The molecule has 1 heterocycles. The highest BCUT2D eigenvalue weighted by molar-refractivity contribution is 5.82. The molecule has 0 unspecified atom stereocenters. The van der Waals surface area contributed by atoms with E-state index >= 15 is 0 Å². The molecule has 2 N–H and O–H groups in total. The Labute approximate surface area is 86.6 Å². The zero-order valence-electron chi connectivity index (χ0n) is 9.71. The molecule has 82 valence electrons. The van der Waals surface area contributed by atoms with Crippen LogP contribution in [0.2, 0.25) is 0 Å². The summed E-state index contributed by atoms with van der Waals surface area (Å²) in [5, 5.41) is 0. The van der Waals surface area contributed by atoms with Crippen LogP contribution in [0.25, 0.3) is 0 Å². The highest BCUT2D eigenvalue weighted by Crippen LogP contribution is 2.22. The minimum Gasteiger partial charge on any atom is -0.341 e. The summed E-state index contributed by atoms with van der Waals surface area (Å²) in [6.07, 6.45) is 1.11. The molecule has 0 aliphatic carbocycles. The molecule has 0 aromatic rings. The van der Waals surface area contributed by atoms with Crippen molar-refractivity contribution < 1.29 is 4.79 Å². The second-order valence-electron chi connectivity index (χ2n) is 5.52. The van der Waals surface area contributed by atoms with Gasteiger partial charge in [-0.2, -0.15) is 0 Å². The number of nitrogens with zero attached hydrogens (tertiary/aromatic N) is 1. The van der Waals surface area contributed by atoms with Crippen molar-refractivity contribution in [3.05, 3.63) is 0 Å². The number of nitrogens with two attached hydrogens (primary N) is 1. The minimum atomic E-state index is -0.368. The predicted octanol–water partition coefficient (Wildman–Crippen LogP) is 1.23. The van der Waals surface area contributed by atoms with E-state index in [1.165, 1.54) is 0 Å². The first-order valence-electron chi connectivity index (χ1n) is 5.36. The van der Waals surface area contributed by atoms with E-state index in [9.17, 15) is 4.79 Å². The molecule has 1 aliphatic rings. The van der Waals surface area contributed by atoms with Crippen LogP contribution in [0.5, 0.6) is 0 Å². The molecule has 1 fully saturated rings. The summed E-state index contributed by atoms with van der Waals surface area (Å²) < 4.78 is 0. The third-order valence-corrected chi connectivity index (χ3v) is 2.93. The van der Waals surface area contributed by atoms with Crippen LogP contribution in [0, 0.1) is 11.3 Å². The summed E-state index contributed by atoms with van der Waals surface area (Å²) in [6.45, 7) is 9.96. The quantitative estimate of drug-likeness (QED) is 0.689. The van der Waals surface area contributed by atoms with Crippen LogP contribution in [-0.2, 0) is 4.79 Å². The van der Waals surface area contributed by atoms with E-state index in [-0.39, 0.29) is 17.4 Å². The van der Waals surface area contributed by atoms with Gasteiger partial charge in [0.25, 0.3) is 0 Å². The number of rotatable bonds is 1. The average Bonchev–Trinajstić information content (AvgIpc) is 2.47. The summed E-state index contributed by atoms with van der Waals surface area (Å²) in [5.41, 5.74) is 5.79. The van der Waals surface area contributed by atoms with E-state index in [2.05, 4.69) is 6.92 Å². The van der Waals surface area contributed by atoms with E-state index in [4.69, 9.17) is 5.73 Å². The molecule has 14 heavy (non-hydrogen) atoms. The van der Waals surface area contributed by atoms with E-state index in [1.54, 1.807) is 0 Å². The van der Waals surface area contributed by atoms with Gasteiger partial charge in [0.15, 0.2) is 0 Å². The summed E-state index contributed by atoms with van der Waals surface area (Å²) in [5.74, 6) is 0.743. The normalized spacial score (nSPS) is 25.2. The van der Waals surface area contributed by atoms with Crippen LogP contribution >= 0.6 is 0 Å². The molecule has 0 radical (unpaired) electrons. The van der Waals surface area contributed by atoms with Crippen molar-refractivity contribution in [2.24, 2.45) is 17.1 Å². The number of likely N-dealkylation sites (tertiary alicyclic amines) is 1. The Morgan fingerprint density at radius 2 is 2.07 bits per heavy atom. The monoisotopic (exact) mass is 198 g/mol. The van der Waals surface area contributed by atoms with Crippen molar-refractivity contribution in [2.45, 2.75) is 40.2 Å². The lowest BCUT2D eigenvalue weighted by Gasteiger charge is -2.29. The van der Waals surface area contributed by atoms with Crippen LogP contribution in [0.15, 0.2) is 0 Å². The second-order valence-corrected chi connectivity index (χ2v) is 5.52. The van der Waals surface area contributed by atoms with Crippen molar-refractivity contribution in [1.82, 2.24) is 4.90 Å². The highest BCUT2D eigenvalue weighted by atomic mass is 16.2. The van der Waals surface area contributed by atoms with Crippen LogP contribution in [0.4, 0.5) is 0 Å². The van der Waals surface area contributed by atoms with Crippen molar-refractivity contribution in [2.75, 3.05) is 13.1 Å². The summed E-state index contributed by atoms with van der Waals surface area (Å²) >= 11 is 0. The Kier molecular flexibility index (Phi) is 3.20. The number of carbonyl (C=O) groups is 1. The Morgan fingerprint density at radius 1 is 1.50 bits per heavy atom. The molecule has 2 atom stereocenters. The van der Waals surface area contributed by atoms with Crippen LogP contribution in [-0.4, -0.2) is 29.9 Å². The van der Waals surface area contributed by atoms with Gasteiger partial charge in [-0.1, -0.05) is 27.7 Å². The molecule has 3 nitrogen and oxygen atoms in total. The average molecular weight is 198 g/mol. The third kappa shape index (κ3) is 2.47. The third-order valence-electron chi connectivity index (χ3n) is 2.93. The first kappa shape index (κ1) is 11.5. The van der Waals surface area contributed by atoms with E-state index in [0.717, 1.165) is 19.5 Å². The van der Waals surface area contributed by atoms with Gasteiger partial charge >= 0.3 is 0 Å². The Morgan fingerprint density at radius 3 is 2.43 bits per heavy atom. The standard InChI is InChI=1S/C11H22N2O/c1-8-5-6-13(7-8)10(14)9(12)11(2,3)4/h8-9H,5-7,12H2,1-4H3/t8-,9-/m1/s1. The molecule has 1 rings (SSSR count). The van der Waals surface area contributed by atoms with Gasteiger partial charge in [-0.3, -0.25) is 4.79 Å². The molecule has 0 bridgehead atoms. The fourth-order valence-electron chi connectivity index (χ4n) is 1.70. The van der Waals surface area contributed by atoms with Crippen LogP contribution in [0.3, 0.4) is 0 Å². The highest BCUT2D eigenvalue weighted by Gasteiger charge is 2.33. The first-order chi connectivity index (χ1) is 6.32. The van der Waals surface area contributed by atoms with Gasteiger partial charge in [-0.25, -0.2) is 0 Å². The molecular weight excluding hydrogens is 176 g/mol. The van der Waals surface area contributed by atoms with Gasteiger partial charge in [0, 0.05) is 13.1 Å². The van der Waals surface area contributed by atoms with Crippen molar-refractivity contribution in [3.63, 3.8) is 0 Å². The number of amides is 1. The molecule has 3 heteroatoms. The van der Waals surface area contributed by atoms with Gasteiger partial charge in [-0.05, 0) is 17.8 Å². The van der Waals surface area contributed by atoms with E-state index in [1.807, 2.05) is 25.7 Å². The number of hydrogen-bond donors (Lipinski definition) is 1. The van der Waals surface area contributed by atoms with Crippen molar-refractivity contribution in [3.8, 4) is 0 Å². The van der Waals surface area contributed by atoms with Gasteiger partial charge in [-0.15, -0.1) is 0 Å². The SMILES string of the molecule is C[C@@H]1CCN(C(=O)[C@@H](N)C(C)(C)C)C1. The Hall–Kier alpha value is -0.570. The molecule has 0 aromatic heterocycles.